The molecule has 2 rings (SSSR count). The molecule has 0 aliphatic carbocycles. The van der Waals surface area contributed by atoms with Gasteiger partial charge in [-0.05, 0) is 12.8 Å². The molecule has 2 fully saturated rings. The van der Waals surface area contributed by atoms with Crippen molar-refractivity contribution in [1.82, 2.24) is 5.06 Å². The Kier molecular flexibility index (Phi) is 3.28. The summed E-state index contributed by atoms with van der Waals surface area (Å²) in [6.45, 7) is 0.260. The van der Waals surface area contributed by atoms with Crippen LogP contribution >= 0.6 is 0 Å². The normalized spacial score (nSPS) is 37.4. The summed E-state index contributed by atoms with van der Waals surface area (Å²) in [6, 6.07) is -1.25. The number of rotatable bonds is 1. The fraction of sp³-hybridized carbons (Fsp3) is 0.900. The minimum Gasteiger partial charge on any atom is -0.467 e. The SMILES string of the molecule is COC(=O)[C@H]1ON2CCCC[C@@H]2[C@]1(O)C(F)(F)F. The number of fused-ring (bicyclic) bond motifs is 1. The summed E-state index contributed by atoms with van der Waals surface area (Å²) < 4.78 is 43.6. The highest BCUT2D eigenvalue weighted by molar-refractivity contribution is 5.77. The summed E-state index contributed by atoms with van der Waals surface area (Å²) in [5.41, 5.74) is -3.21. The number of hydrogen-bond acceptors (Lipinski definition) is 5. The molecule has 0 amide bonds. The Morgan fingerprint density at radius 1 is 1.50 bits per heavy atom. The quantitative estimate of drug-likeness (QED) is 0.707. The first-order chi connectivity index (χ1) is 8.32. The van der Waals surface area contributed by atoms with Crippen molar-refractivity contribution in [1.29, 1.82) is 0 Å². The Hall–Kier alpha value is -0.860. The molecule has 2 heterocycles. The van der Waals surface area contributed by atoms with E-state index in [0.29, 0.717) is 12.8 Å². The zero-order valence-corrected chi connectivity index (χ0v) is 9.74. The summed E-state index contributed by atoms with van der Waals surface area (Å²) in [4.78, 5) is 16.3. The Morgan fingerprint density at radius 2 is 2.17 bits per heavy atom. The van der Waals surface area contributed by atoms with E-state index in [9.17, 15) is 23.1 Å². The lowest BCUT2D eigenvalue weighted by molar-refractivity contribution is -0.277. The highest BCUT2D eigenvalue weighted by Crippen LogP contribution is 2.47. The lowest BCUT2D eigenvalue weighted by Gasteiger charge is -2.36. The molecule has 0 radical (unpaired) electrons. The van der Waals surface area contributed by atoms with Gasteiger partial charge in [0.25, 0.3) is 0 Å². The van der Waals surface area contributed by atoms with Crippen LogP contribution < -0.4 is 0 Å². The number of carbonyl (C=O) groups is 1. The molecule has 2 aliphatic heterocycles. The molecule has 3 atom stereocenters. The van der Waals surface area contributed by atoms with E-state index in [-0.39, 0.29) is 13.0 Å². The monoisotopic (exact) mass is 269 g/mol. The molecular weight excluding hydrogens is 255 g/mol. The zero-order valence-electron chi connectivity index (χ0n) is 9.74. The van der Waals surface area contributed by atoms with Crippen LogP contribution in [0.15, 0.2) is 0 Å². The van der Waals surface area contributed by atoms with Crippen LogP contribution in [0.2, 0.25) is 0 Å². The molecule has 0 unspecified atom stereocenters. The maximum absolute atomic E-state index is 13.1. The van der Waals surface area contributed by atoms with Crippen LogP contribution in [-0.2, 0) is 14.4 Å². The second-order valence-electron chi connectivity index (χ2n) is 4.48. The van der Waals surface area contributed by atoms with Crippen molar-refractivity contribution in [3.63, 3.8) is 0 Å². The van der Waals surface area contributed by atoms with Crippen molar-refractivity contribution in [2.24, 2.45) is 0 Å². The first-order valence-corrected chi connectivity index (χ1v) is 5.62. The van der Waals surface area contributed by atoms with Crippen LogP contribution in [-0.4, -0.2) is 53.7 Å². The van der Waals surface area contributed by atoms with Gasteiger partial charge in [-0.15, -0.1) is 0 Å². The van der Waals surface area contributed by atoms with Gasteiger partial charge < -0.3 is 9.84 Å². The van der Waals surface area contributed by atoms with Crippen molar-refractivity contribution < 1.29 is 32.6 Å². The largest absolute Gasteiger partial charge is 0.467 e. The summed E-state index contributed by atoms with van der Waals surface area (Å²) in [7, 11) is 0.958. The lowest BCUT2D eigenvalue weighted by Crippen LogP contribution is -2.62. The summed E-state index contributed by atoms with van der Waals surface area (Å²) in [5, 5.41) is 11.0. The topological polar surface area (TPSA) is 59.0 Å². The van der Waals surface area contributed by atoms with Gasteiger partial charge in [0.15, 0.2) is 0 Å². The number of aliphatic hydroxyl groups is 1. The van der Waals surface area contributed by atoms with Gasteiger partial charge in [0.1, 0.15) is 0 Å². The number of alkyl halides is 3. The van der Waals surface area contributed by atoms with Crippen molar-refractivity contribution >= 4 is 5.97 Å². The Balaban J connectivity index is 2.38. The summed E-state index contributed by atoms with van der Waals surface area (Å²) in [6.07, 6.45) is -5.66. The van der Waals surface area contributed by atoms with Gasteiger partial charge in [-0.3, -0.25) is 4.84 Å². The van der Waals surface area contributed by atoms with Crippen LogP contribution in [0, 0.1) is 0 Å². The number of ether oxygens (including phenoxy) is 1. The molecule has 0 saturated carbocycles. The van der Waals surface area contributed by atoms with Gasteiger partial charge in [0.05, 0.1) is 13.2 Å². The summed E-state index contributed by atoms with van der Waals surface area (Å²) >= 11 is 0. The van der Waals surface area contributed by atoms with E-state index >= 15 is 0 Å². The smallest absolute Gasteiger partial charge is 0.422 e. The highest BCUT2D eigenvalue weighted by Gasteiger charge is 2.72. The predicted molar refractivity (Wildman–Crippen MR) is 52.2 cm³/mol. The molecule has 104 valence electrons. The van der Waals surface area contributed by atoms with Crippen molar-refractivity contribution in [2.45, 2.75) is 43.2 Å². The van der Waals surface area contributed by atoms with E-state index in [2.05, 4.69) is 4.74 Å². The highest BCUT2D eigenvalue weighted by atomic mass is 19.4. The van der Waals surface area contributed by atoms with Gasteiger partial charge in [-0.2, -0.15) is 18.2 Å². The molecule has 0 aromatic heterocycles. The molecule has 5 nitrogen and oxygen atoms in total. The third kappa shape index (κ3) is 1.79. The molecule has 8 heteroatoms. The third-order valence-electron chi connectivity index (χ3n) is 3.47. The number of halogens is 3. The lowest BCUT2D eigenvalue weighted by atomic mass is 9.84. The van der Waals surface area contributed by atoms with Crippen molar-refractivity contribution in [3.8, 4) is 0 Å². The van der Waals surface area contributed by atoms with E-state index in [4.69, 9.17) is 4.84 Å². The minimum atomic E-state index is -4.96. The van der Waals surface area contributed by atoms with Gasteiger partial charge in [0, 0.05) is 6.54 Å². The van der Waals surface area contributed by atoms with Gasteiger partial charge >= 0.3 is 12.1 Å². The average Bonchev–Trinajstić information content (AvgIpc) is 2.63. The standard InChI is InChI=1S/C10H14F3NO4/c1-17-8(15)7-9(16,10(11,12)13)6-4-2-3-5-14(6)18-7/h6-7,16H,2-5H2,1H3/t6-,7-,9-/m1/s1. The maximum Gasteiger partial charge on any atom is 0.422 e. The second kappa shape index (κ2) is 4.36. The Labute approximate surface area is 101 Å². The Bertz CT molecular complexity index is 349. The fourth-order valence-electron chi connectivity index (χ4n) is 2.53. The van der Waals surface area contributed by atoms with E-state index in [1.165, 1.54) is 0 Å². The number of nitrogens with zero attached hydrogens (tertiary/aromatic N) is 1. The van der Waals surface area contributed by atoms with Crippen molar-refractivity contribution in [3.05, 3.63) is 0 Å². The van der Waals surface area contributed by atoms with Crippen LogP contribution in [0.5, 0.6) is 0 Å². The molecule has 0 spiro atoms. The van der Waals surface area contributed by atoms with E-state index in [1.54, 1.807) is 0 Å². The average molecular weight is 269 g/mol. The van der Waals surface area contributed by atoms with Gasteiger partial charge in [-0.25, -0.2) is 4.79 Å². The van der Waals surface area contributed by atoms with Crippen LogP contribution in [0.3, 0.4) is 0 Å². The molecule has 0 aromatic rings. The van der Waals surface area contributed by atoms with Crippen LogP contribution in [0.25, 0.3) is 0 Å². The summed E-state index contributed by atoms with van der Waals surface area (Å²) in [5.74, 6) is -1.22. The number of methoxy groups -OCH3 is 1. The predicted octanol–water partition coefficient (Wildman–Crippen LogP) is 0.621. The first kappa shape index (κ1) is 13.6. The first-order valence-electron chi connectivity index (χ1n) is 5.62. The second-order valence-corrected chi connectivity index (χ2v) is 4.48. The van der Waals surface area contributed by atoms with Crippen LogP contribution in [0.1, 0.15) is 19.3 Å². The van der Waals surface area contributed by atoms with E-state index < -0.39 is 29.9 Å². The number of esters is 1. The molecule has 0 bridgehead atoms. The van der Waals surface area contributed by atoms with E-state index in [0.717, 1.165) is 12.2 Å². The molecule has 18 heavy (non-hydrogen) atoms. The van der Waals surface area contributed by atoms with E-state index in [1.807, 2.05) is 0 Å². The molecule has 2 aliphatic rings. The molecular formula is C10H14F3NO4. The zero-order chi connectivity index (χ0) is 13.6. The number of piperidine rings is 1. The number of carbonyl (C=O) groups excluding carboxylic acids is 1. The maximum atomic E-state index is 13.1. The van der Waals surface area contributed by atoms with Gasteiger partial charge in [0.2, 0.25) is 11.7 Å². The van der Waals surface area contributed by atoms with Gasteiger partial charge in [-0.1, -0.05) is 6.42 Å². The fourth-order valence-corrected chi connectivity index (χ4v) is 2.53. The number of hydrogen-bond donors (Lipinski definition) is 1. The molecule has 2 saturated heterocycles. The van der Waals surface area contributed by atoms with Crippen LogP contribution in [0.4, 0.5) is 13.2 Å². The Morgan fingerprint density at radius 3 is 2.72 bits per heavy atom. The third-order valence-corrected chi connectivity index (χ3v) is 3.47. The minimum absolute atomic E-state index is 0.128. The molecule has 0 aromatic carbocycles. The van der Waals surface area contributed by atoms with Crippen molar-refractivity contribution in [2.75, 3.05) is 13.7 Å². The number of hydroxylamine groups is 2. The molecule has 1 N–H and O–H groups in total.